The van der Waals surface area contributed by atoms with Crippen LogP contribution < -0.4 is 10.2 Å². The molecule has 1 aliphatic rings. The van der Waals surface area contributed by atoms with E-state index in [1.165, 1.54) is 0 Å². The van der Waals surface area contributed by atoms with E-state index in [1.54, 1.807) is 12.1 Å². The summed E-state index contributed by atoms with van der Waals surface area (Å²) in [5, 5.41) is 3.36. The van der Waals surface area contributed by atoms with Crippen LogP contribution in [0.2, 0.25) is 0 Å². The molecule has 5 heteroatoms. The van der Waals surface area contributed by atoms with E-state index < -0.39 is 11.7 Å². The summed E-state index contributed by atoms with van der Waals surface area (Å²) in [5.41, 5.74) is 0.269. The number of hydrogen-bond donors (Lipinski definition) is 1. The number of anilines is 1. The van der Waals surface area contributed by atoms with Crippen molar-refractivity contribution in [3.8, 4) is 0 Å². The van der Waals surface area contributed by atoms with Crippen molar-refractivity contribution in [2.24, 2.45) is 0 Å². The molecule has 0 bridgehead atoms. The van der Waals surface area contributed by atoms with E-state index in [0.29, 0.717) is 6.04 Å². The second-order valence-corrected chi connectivity index (χ2v) is 4.70. The Balaban J connectivity index is 2.13. The molecule has 1 saturated heterocycles. The standard InChI is InChI=1S/C13H17F3N2/c1-10-9-18(8-2-7-17-10)12-5-3-11(4-6-12)13(14,15)16/h3-6,10,17H,2,7-9H2,1H3. The van der Waals surface area contributed by atoms with Crippen LogP contribution in [0, 0.1) is 0 Å². The van der Waals surface area contributed by atoms with Crippen LogP contribution in [0.4, 0.5) is 18.9 Å². The molecule has 1 N–H and O–H groups in total. The lowest BCUT2D eigenvalue weighted by Crippen LogP contribution is -2.35. The number of halogens is 3. The lowest BCUT2D eigenvalue weighted by atomic mass is 10.2. The van der Waals surface area contributed by atoms with Gasteiger partial charge in [0, 0.05) is 24.8 Å². The lowest BCUT2D eigenvalue weighted by Gasteiger charge is -2.25. The molecule has 0 aliphatic carbocycles. The maximum atomic E-state index is 12.5. The van der Waals surface area contributed by atoms with Crippen LogP contribution in [-0.4, -0.2) is 25.7 Å². The van der Waals surface area contributed by atoms with Gasteiger partial charge in [0.05, 0.1) is 5.56 Å². The Bertz CT molecular complexity index is 386. The molecule has 0 amide bonds. The number of alkyl halides is 3. The summed E-state index contributed by atoms with van der Waals surface area (Å²) < 4.78 is 37.4. The molecule has 1 unspecified atom stereocenters. The molecule has 100 valence electrons. The Kier molecular flexibility index (Phi) is 3.80. The van der Waals surface area contributed by atoms with Crippen molar-refractivity contribution in [1.82, 2.24) is 5.32 Å². The molecule has 1 fully saturated rings. The van der Waals surface area contributed by atoms with Crippen LogP contribution >= 0.6 is 0 Å². The van der Waals surface area contributed by atoms with Gasteiger partial charge in [-0.1, -0.05) is 0 Å². The van der Waals surface area contributed by atoms with E-state index >= 15 is 0 Å². The molecular formula is C13H17F3N2. The molecule has 0 saturated carbocycles. The summed E-state index contributed by atoms with van der Waals surface area (Å²) >= 11 is 0. The fraction of sp³-hybridized carbons (Fsp3) is 0.538. The van der Waals surface area contributed by atoms with Gasteiger partial charge in [-0.25, -0.2) is 0 Å². The Morgan fingerprint density at radius 1 is 1.22 bits per heavy atom. The van der Waals surface area contributed by atoms with Gasteiger partial charge in [-0.05, 0) is 44.2 Å². The molecule has 1 aliphatic heterocycles. The quantitative estimate of drug-likeness (QED) is 0.833. The number of benzene rings is 1. The van der Waals surface area contributed by atoms with Gasteiger partial charge in [-0.15, -0.1) is 0 Å². The summed E-state index contributed by atoms with van der Waals surface area (Å²) in [6.07, 6.45) is -3.25. The molecule has 2 rings (SSSR count). The first kappa shape index (κ1) is 13.2. The topological polar surface area (TPSA) is 15.3 Å². The molecule has 1 atom stereocenters. The highest BCUT2D eigenvalue weighted by Crippen LogP contribution is 2.30. The highest BCUT2D eigenvalue weighted by Gasteiger charge is 2.30. The van der Waals surface area contributed by atoms with Gasteiger partial charge in [0.25, 0.3) is 0 Å². The molecule has 0 spiro atoms. The fourth-order valence-corrected chi connectivity index (χ4v) is 2.20. The number of nitrogens with one attached hydrogen (secondary N) is 1. The second kappa shape index (κ2) is 5.18. The summed E-state index contributed by atoms with van der Waals surface area (Å²) in [4.78, 5) is 2.13. The minimum Gasteiger partial charge on any atom is -0.370 e. The predicted molar refractivity (Wildman–Crippen MR) is 65.7 cm³/mol. The molecular weight excluding hydrogens is 241 g/mol. The van der Waals surface area contributed by atoms with E-state index in [1.807, 2.05) is 0 Å². The van der Waals surface area contributed by atoms with E-state index in [4.69, 9.17) is 0 Å². The molecule has 1 aromatic carbocycles. The van der Waals surface area contributed by atoms with Crippen molar-refractivity contribution in [2.75, 3.05) is 24.5 Å². The average molecular weight is 258 g/mol. The van der Waals surface area contributed by atoms with Crippen LogP contribution in [0.5, 0.6) is 0 Å². The fourth-order valence-electron chi connectivity index (χ4n) is 2.20. The molecule has 0 radical (unpaired) electrons. The normalized spacial score (nSPS) is 21.8. The van der Waals surface area contributed by atoms with Gasteiger partial charge in [0.2, 0.25) is 0 Å². The zero-order valence-corrected chi connectivity index (χ0v) is 10.3. The third kappa shape index (κ3) is 3.16. The van der Waals surface area contributed by atoms with E-state index in [9.17, 15) is 13.2 Å². The van der Waals surface area contributed by atoms with Gasteiger partial charge in [0.15, 0.2) is 0 Å². The maximum absolute atomic E-state index is 12.5. The van der Waals surface area contributed by atoms with Crippen LogP contribution in [-0.2, 0) is 6.18 Å². The Hall–Kier alpha value is -1.23. The summed E-state index contributed by atoms with van der Waals surface area (Å²) in [6.45, 7) is 4.74. The van der Waals surface area contributed by atoms with Crippen molar-refractivity contribution < 1.29 is 13.2 Å². The average Bonchev–Trinajstić information content (AvgIpc) is 2.53. The van der Waals surface area contributed by atoms with Gasteiger partial charge in [0.1, 0.15) is 0 Å². The molecule has 1 aromatic rings. The molecule has 2 nitrogen and oxygen atoms in total. The molecule has 0 aromatic heterocycles. The van der Waals surface area contributed by atoms with E-state index in [2.05, 4.69) is 17.1 Å². The van der Waals surface area contributed by atoms with Crippen molar-refractivity contribution in [2.45, 2.75) is 25.6 Å². The minimum atomic E-state index is -4.26. The third-order valence-corrected chi connectivity index (χ3v) is 3.15. The van der Waals surface area contributed by atoms with E-state index in [0.717, 1.165) is 43.9 Å². The predicted octanol–water partition coefficient (Wildman–Crippen LogP) is 2.89. The number of rotatable bonds is 1. The number of hydrogen-bond acceptors (Lipinski definition) is 2. The largest absolute Gasteiger partial charge is 0.416 e. The highest BCUT2D eigenvalue weighted by molar-refractivity contribution is 5.48. The highest BCUT2D eigenvalue weighted by atomic mass is 19.4. The maximum Gasteiger partial charge on any atom is 0.416 e. The van der Waals surface area contributed by atoms with Gasteiger partial charge in [-0.3, -0.25) is 0 Å². The Morgan fingerprint density at radius 2 is 1.89 bits per heavy atom. The van der Waals surface area contributed by atoms with Gasteiger partial charge < -0.3 is 10.2 Å². The van der Waals surface area contributed by atoms with Crippen LogP contribution in [0.3, 0.4) is 0 Å². The van der Waals surface area contributed by atoms with Crippen molar-refractivity contribution in [3.63, 3.8) is 0 Å². The first-order chi connectivity index (χ1) is 8.47. The van der Waals surface area contributed by atoms with Gasteiger partial charge >= 0.3 is 6.18 Å². The summed E-state index contributed by atoms with van der Waals surface area (Å²) in [6, 6.07) is 5.77. The Labute approximate surface area is 105 Å². The SMILES string of the molecule is CC1CN(c2ccc(C(F)(F)F)cc2)CCCN1. The lowest BCUT2D eigenvalue weighted by molar-refractivity contribution is -0.137. The Morgan fingerprint density at radius 3 is 2.50 bits per heavy atom. The van der Waals surface area contributed by atoms with Crippen LogP contribution in [0.1, 0.15) is 18.9 Å². The summed E-state index contributed by atoms with van der Waals surface area (Å²) in [5.74, 6) is 0. The summed E-state index contributed by atoms with van der Waals surface area (Å²) in [7, 11) is 0. The first-order valence-corrected chi connectivity index (χ1v) is 6.12. The zero-order valence-electron chi connectivity index (χ0n) is 10.3. The molecule has 1 heterocycles. The third-order valence-electron chi connectivity index (χ3n) is 3.15. The number of nitrogens with zero attached hydrogens (tertiary/aromatic N) is 1. The van der Waals surface area contributed by atoms with E-state index in [-0.39, 0.29) is 0 Å². The van der Waals surface area contributed by atoms with Gasteiger partial charge in [-0.2, -0.15) is 13.2 Å². The smallest absolute Gasteiger partial charge is 0.370 e. The monoisotopic (exact) mass is 258 g/mol. The van der Waals surface area contributed by atoms with Crippen molar-refractivity contribution in [3.05, 3.63) is 29.8 Å². The van der Waals surface area contributed by atoms with Crippen LogP contribution in [0.25, 0.3) is 0 Å². The van der Waals surface area contributed by atoms with Crippen molar-refractivity contribution >= 4 is 5.69 Å². The van der Waals surface area contributed by atoms with Crippen LogP contribution in [0.15, 0.2) is 24.3 Å². The van der Waals surface area contributed by atoms with Crippen molar-refractivity contribution in [1.29, 1.82) is 0 Å². The zero-order chi connectivity index (χ0) is 13.2. The first-order valence-electron chi connectivity index (χ1n) is 6.12. The molecule has 18 heavy (non-hydrogen) atoms. The minimum absolute atomic E-state index is 0.356. The second-order valence-electron chi connectivity index (χ2n) is 4.70.